The zero-order valence-electron chi connectivity index (χ0n) is 10.9. The number of nitrogens with two attached hydrogens (primary N) is 1. The maximum atomic E-state index is 6.23. The lowest BCUT2D eigenvalue weighted by molar-refractivity contribution is 0.516. The van der Waals surface area contributed by atoms with Crippen LogP contribution in [-0.4, -0.2) is 23.0 Å². The van der Waals surface area contributed by atoms with E-state index in [-0.39, 0.29) is 0 Å². The molecule has 2 heterocycles. The molecule has 0 amide bonds. The van der Waals surface area contributed by atoms with Gasteiger partial charge in [-0.1, -0.05) is 0 Å². The van der Waals surface area contributed by atoms with Crippen molar-refractivity contribution in [2.24, 2.45) is 5.92 Å². The van der Waals surface area contributed by atoms with Crippen LogP contribution in [0.4, 0.5) is 11.4 Å². The first-order chi connectivity index (χ1) is 9.34. The number of nitrogens with zero attached hydrogens (tertiary/aromatic N) is 1. The maximum Gasteiger partial charge on any atom is 0.0724 e. The Bertz CT molecular complexity index is 564. The number of nitrogen functional groups attached to an aromatic ring is 1. The number of hydrogen-bond donors (Lipinski definition) is 2. The zero-order chi connectivity index (χ0) is 13.1. The lowest BCUT2D eigenvalue weighted by Crippen LogP contribution is -2.19. The van der Waals surface area contributed by atoms with E-state index in [1.165, 1.54) is 24.3 Å². The number of aromatic nitrogens is 1. The monoisotopic (exact) mass is 273 g/mol. The first-order valence-corrected chi connectivity index (χ1v) is 7.95. The van der Waals surface area contributed by atoms with E-state index >= 15 is 0 Å². The number of nitrogens with one attached hydrogen (secondary N) is 1. The molecule has 0 unspecified atom stereocenters. The van der Waals surface area contributed by atoms with Crippen molar-refractivity contribution in [3.63, 3.8) is 0 Å². The fourth-order valence-electron chi connectivity index (χ4n) is 2.53. The first-order valence-electron chi connectivity index (χ1n) is 6.79. The highest BCUT2D eigenvalue weighted by molar-refractivity contribution is 7.99. The molecule has 2 aromatic rings. The molecule has 3 N–H and O–H groups in total. The second-order valence-electron chi connectivity index (χ2n) is 5.03. The topological polar surface area (TPSA) is 50.9 Å². The molecule has 1 aliphatic heterocycles. The van der Waals surface area contributed by atoms with Crippen molar-refractivity contribution in [3.05, 3.63) is 30.5 Å². The van der Waals surface area contributed by atoms with Gasteiger partial charge in [-0.3, -0.25) is 4.98 Å². The van der Waals surface area contributed by atoms with Crippen molar-refractivity contribution >= 4 is 34.0 Å². The summed E-state index contributed by atoms with van der Waals surface area (Å²) in [5.74, 6) is 3.37. The summed E-state index contributed by atoms with van der Waals surface area (Å²) in [6.07, 6.45) is 4.42. The van der Waals surface area contributed by atoms with Crippen molar-refractivity contribution in [1.29, 1.82) is 0 Å². The molecule has 19 heavy (non-hydrogen) atoms. The van der Waals surface area contributed by atoms with Gasteiger partial charge in [0.05, 0.1) is 16.9 Å². The number of rotatable bonds is 3. The molecule has 0 atom stereocenters. The van der Waals surface area contributed by atoms with Gasteiger partial charge in [0.1, 0.15) is 0 Å². The van der Waals surface area contributed by atoms with Gasteiger partial charge in [-0.05, 0) is 54.5 Å². The summed E-state index contributed by atoms with van der Waals surface area (Å²) in [7, 11) is 0. The maximum absolute atomic E-state index is 6.23. The quantitative estimate of drug-likeness (QED) is 0.842. The Morgan fingerprint density at radius 3 is 2.95 bits per heavy atom. The van der Waals surface area contributed by atoms with Crippen LogP contribution in [0.15, 0.2) is 30.5 Å². The highest BCUT2D eigenvalue weighted by Crippen LogP contribution is 2.29. The molecule has 100 valence electrons. The predicted octanol–water partition coefficient (Wildman–Crippen LogP) is 3.37. The molecule has 3 nitrogen and oxygen atoms in total. The molecular formula is C15H19N3S. The minimum atomic E-state index is 0.783. The van der Waals surface area contributed by atoms with E-state index in [1.54, 1.807) is 6.20 Å². The molecular weight excluding hydrogens is 254 g/mol. The Labute approximate surface area is 118 Å². The van der Waals surface area contributed by atoms with E-state index in [9.17, 15) is 0 Å². The number of benzene rings is 1. The lowest BCUT2D eigenvalue weighted by atomic mass is 10.0. The molecule has 3 rings (SSSR count). The zero-order valence-corrected chi connectivity index (χ0v) is 11.7. The summed E-state index contributed by atoms with van der Waals surface area (Å²) in [6, 6.07) is 8.04. The van der Waals surface area contributed by atoms with E-state index in [0.717, 1.165) is 34.7 Å². The van der Waals surface area contributed by atoms with Crippen LogP contribution in [-0.2, 0) is 0 Å². The average Bonchev–Trinajstić information content (AvgIpc) is 2.48. The third-order valence-corrected chi connectivity index (χ3v) is 4.80. The van der Waals surface area contributed by atoms with Crippen LogP contribution in [0, 0.1) is 5.92 Å². The summed E-state index contributed by atoms with van der Waals surface area (Å²) in [4.78, 5) is 4.32. The van der Waals surface area contributed by atoms with Gasteiger partial charge in [0.25, 0.3) is 0 Å². The summed E-state index contributed by atoms with van der Waals surface area (Å²) in [5, 5.41) is 4.55. The van der Waals surface area contributed by atoms with Gasteiger partial charge < -0.3 is 11.1 Å². The number of thioether (sulfide) groups is 1. The molecule has 1 aromatic heterocycles. The molecule has 0 radical (unpaired) electrons. The second kappa shape index (κ2) is 5.70. The predicted molar refractivity (Wildman–Crippen MR) is 84.7 cm³/mol. The van der Waals surface area contributed by atoms with E-state index < -0.39 is 0 Å². The molecule has 0 spiro atoms. The van der Waals surface area contributed by atoms with Crippen LogP contribution in [0.25, 0.3) is 10.9 Å². The van der Waals surface area contributed by atoms with Gasteiger partial charge in [-0.2, -0.15) is 11.8 Å². The summed E-state index contributed by atoms with van der Waals surface area (Å²) < 4.78 is 0. The third kappa shape index (κ3) is 2.78. The van der Waals surface area contributed by atoms with E-state index in [1.807, 2.05) is 24.3 Å². The van der Waals surface area contributed by atoms with Crippen LogP contribution in [0.5, 0.6) is 0 Å². The molecule has 0 saturated carbocycles. The Kier molecular flexibility index (Phi) is 3.78. The first kappa shape index (κ1) is 12.6. The molecule has 1 saturated heterocycles. The second-order valence-corrected chi connectivity index (χ2v) is 6.26. The van der Waals surface area contributed by atoms with E-state index in [4.69, 9.17) is 5.73 Å². The van der Waals surface area contributed by atoms with E-state index in [2.05, 4.69) is 22.1 Å². The molecule has 1 aliphatic rings. The van der Waals surface area contributed by atoms with Gasteiger partial charge in [0.2, 0.25) is 0 Å². The van der Waals surface area contributed by atoms with Crippen molar-refractivity contribution < 1.29 is 0 Å². The molecule has 0 aliphatic carbocycles. The van der Waals surface area contributed by atoms with Crippen LogP contribution in [0.2, 0.25) is 0 Å². The standard InChI is InChI=1S/C15H19N3S/c16-15-12-2-1-7-17-13(12)3-4-14(15)18-10-11-5-8-19-9-6-11/h1-4,7,11,18H,5-6,8-10,16H2. The Morgan fingerprint density at radius 2 is 2.11 bits per heavy atom. The lowest BCUT2D eigenvalue weighted by Gasteiger charge is -2.22. The fourth-order valence-corrected chi connectivity index (χ4v) is 3.74. The van der Waals surface area contributed by atoms with Gasteiger partial charge in [-0.15, -0.1) is 0 Å². The van der Waals surface area contributed by atoms with Gasteiger partial charge >= 0.3 is 0 Å². The molecule has 4 heteroatoms. The van der Waals surface area contributed by atoms with Gasteiger partial charge in [-0.25, -0.2) is 0 Å². The van der Waals surface area contributed by atoms with Crippen molar-refractivity contribution in [1.82, 2.24) is 4.98 Å². The van der Waals surface area contributed by atoms with Gasteiger partial charge in [0.15, 0.2) is 0 Å². The van der Waals surface area contributed by atoms with Crippen molar-refractivity contribution in [2.75, 3.05) is 29.1 Å². The smallest absolute Gasteiger partial charge is 0.0724 e. The molecule has 1 fully saturated rings. The average molecular weight is 273 g/mol. The number of hydrogen-bond acceptors (Lipinski definition) is 4. The summed E-state index contributed by atoms with van der Waals surface area (Å²) >= 11 is 2.06. The Balaban J connectivity index is 1.75. The summed E-state index contributed by atoms with van der Waals surface area (Å²) in [5.41, 5.74) is 9.04. The Morgan fingerprint density at radius 1 is 1.26 bits per heavy atom. The van der Waals surface area contributed by atoms with Crippen LogP contribution in [0.1, 0.15) is 12.8 Å². The summed E-state index contributed by atoms with van der Waals surface area (Å²) in [6.45, 7) is 1.02. The highest BCUT2D eigenvalue weighted by atomic mass is 32.2. The van der Waals surface area contributed by atoms with Crippen LogP contribution in [0.3, 0.4) is 0 Å². The van der Waals surface area contributed by atoms with E-state index in [0.29, 0.717) is 0 Å². The molecule has 1 aromatic carbocycles. The number of pyridine rings is 1. The minimum Gasteiger partial charge on any atom is -0.397 e. The minimum absolute atomic E-state index is 0.783. The van der Waals surface area contributed by atoms with Crippen molar-refractivity contribution in [2.45, 2.75) is 12.8 Å². The van der Waals surface area contributed by atoms with Gasteiger partial charge in [0, 0.05) is 18.1 Å². The normalized spacial score (nSPS) is 16.6. The fraction of sp³-hybridized carbons (Fsp3) is 0.400. The van der Waals surface area contributed by atoms with Crippen molar-refractivity contribution in [3.8, 4) is 0 Å². The SMILES string of the molecule is Nc1c(NCC2CCSCC2)ccc2ncccc12. The largest absolute Gasteiger partial charge is 0.397 e. The van der Waals surface area contributed by atoms with Crippen LogP contribution >= 0.6 is 11.8 Å². The Hall–Kier alpha value is -1.42. The highest BCUT2D eigenvalue weighted by Gasteiger charge is 2.14. The molecule has 0 bridgehead atoms. The number of fused-ring (bicyclic) bond motifs is 1. The number of anilines is 2. The third-order valence-electron chi connectivity index (χ3n) is 3.75. The van der Waals surface area contributed by atoms with Crippen LogP contribution < -0.4 is 11.1 Å².